The van der Waals surface area contributed by atoms with E-state index >= 15 is 0 Å². The van der Waals surface area contributed by atoms with Crippen LogP contribution >= 0.6 is 38.9 Å². The summed E-state index contributed by atoms with van der Waals surface area (Å²) in [5.41, 5.74) is 0. The zero-order valence-electron chi connectivity index (χ0n) is 4.51. The molecule has 1 atom stereocenters. The van der Waals surface area contributed by atoms with E-state index < -0.39 is 11.1 Å². The van der Waals surface area contributed by atoms with Crippen LogP contribution in [0.15, 0.2) is 14.1 Å². The van der Waals surface area contributed by atoms with Gasteiger partial charge in [-0.25, -0.2) is 4.21 Å². The number of hydrogen-bond acceptors (Lipinski definition) is 2. The maximum Gasteiger partial charge on any atom is 0.196 e. The van der Waals surface area contributed by atoms with Crippen LogP contribution in [-0.2, 0) is 11.1 Å². The van der Waals surface area contributed by atoms with Crippen LogP contribution in [-0.4, -0.2) is 8.76 Å². The van der Waals surface area contributed by atoms with Crippen molar-refractivity contribution in [1.82, 2.24) is 0 Å². The van der Waals surface area contributed by atoms with Gasteiger partial charge in [-0.3, -0.25) is 0 Å². The van der Waals surface area contributed by atoms with Crippen LogP contribution in [0.2, 0.25) is 5.02 Å². The smallest absolute Gasteiger partial charge is 0.196 e. The van der Waals surface area contributed by atoms with E-state index in [1.165, 1.54) is 6.07 Å². The Morgan fingerprint density at radius 2 is 2.40 bits per heavy atom. The molecule has 1 unspecified atom stereocenters. The van der Waals surface area contributed by atoms with Crippen LogP contribution in [0.3, 0.4) is 0 Å². The Morgan fingerprint density at radius 3 is 2.60 bits per heavy atom. The quantitative estimate of drug-likeness (QED) is 0.789. The summed E-state index contributed by atoms with van der Waals surface area (Å²) >= 11 is 7.96. The Balaban J connectivity index is 3.10. The number of rotatable bonds is 1. The SMILES string of the molecule is O=S(O)c1cc(Cl)c(Br)s1. The lowest BCUT2D eigenvalue weighted by atomic mass is 10.7. The zero-order chi connectivity index (χ0) is 7.72. The Labute approximate surface area is 77.6 Å². The molecule has 0 bridgehead atoms. The molecule has 0 aliphatic heterocycles. The fourth-order valence-corrected chi connectivity index (χ4v) is 2.99. The molecule has 0 aliphatic carbocycles. The third-order valence-electron chi connectivity index (χ3n) is 0.795. The van der Waals surface area contributed by atoms with Crippen molar-refractivity contribution in [2.75, 3.05) is 0 Å². The Kier molecular flexibility index (Phi) is 2.88. The summed E-state index contributed by atoms with van der Waals surface area (Å²) in [6.07, 6.45) is 0. The van der Waals surface area contributed by atoms with Crippen molar-refractivity contribution < 1.29 is 8.76 Å². The van der Waals surface area contributed by atoms with Crippen LogP contribution in [0.4, 0.5) is 0 Å². The van der Waals surface area contributed by atoms with Crippen LogP contribution in [0.5, 0.6) is 0 Å². The summed E-state index contributed by atoms with van der Waals surface area (Å²) in [4.78, 5) is 0. The van der Waals surface area contributed by atoms with E-state index in [-0.39, 0.29) is 0 Å². The predicted molar refractivity (Wildman–Crippen MR) is 46.1 cm³/mol. The standard InChI is InChI=1S/C4H2BrClO2S2/c5-4-2(6)1-3(9-4)10(7)8/h1H,(H,7,8). The minimum absolute atomic E-state index is 0.358. The summed E-state index contributed by atoms with van der Waals surface area (Å²) in [6, 6.07) is 1.46. The Hall–Kier alpha value is 0.580. The van der Waals surface area contributed by atoms with E-state index in [0.29, 0.717) is 13.0 Å². The second kappa shape index (κ2) is 3.32. The average molecular weight is 262 g/mol. The fraction of sp³-hybridized carbons (Fsp3) is 0. The first kappa shape index (κ1) is 8.67. The lowest BCUT2D eigenvalue weighted by Gasteiger charge is -1.80. The van der Waals surface area contributed by atoms with Crippen LogP contribution < -0.4 is 0 Å². The van der Waals surface area contributed by atoms with Gasteiger partial charge in [0, 0.05) is 0 Å². The lowest BCUT2D eigenvalue weighted by Crippen LogP contribution is -1.79. The zero-order valence-corrected chi connectivity index (χ0v) is 8.48. The highest BCUT2D eigenvalue weighted by atomic mass is 79.9. The van der Waals surface area contributed by atoms with Crippen molar-refractivity contribution in [1.29, 1.82) is 0 Å². The van der Waals surface area contributed by atoms with Crippen molar-refractivity contribution in [2.45, 2.75) is 4.21 Å². The van der Waals surface area contributed by atoms with Crippen molar-refractivity contribution >= 4 is 49.9 Å². The largest absolute Gasteiger partial charge is 0.302 e. The van der Waals surface area contributed by atoms with Gasteiger partial charge >= 0.3 is 0 Å². The predicted octanol–water partition coefficient (Wildman–Crippen LogP) is 2.74. The van der Waals surface area contributed by atoms with Crippen LogP contribution in [0.25, 0.3) is 0 Å². The van der Waals surface area contributed by atoms with E-state index in [2.05, 4.69) is 15.9 Å². The molecule has 0 amide bonds. The highest BCUT2D eigenvalue weighted by Crippen LogP contribution is 2.33. The molecule has 6 heteroatoms. The highest BCUT2D eigenvalue weighted by molar-refractivity contribution is 9.11. The van der Waals surface area contributed by atoms with Crippen molar-refractivity contribution in [3.8, 4) is 0 Å². The molecular weight excluding hydrogens is 260 g/mol. The molecule has 56 valence electrons. The highest BCUT2D eigenvalue weighted by Gasteiger charge is 2.07. The second-order valence-electron chi connectivity index (χ2n) is 1.44. The lowest BCUT2D eigenvalue weighted by molar-refractivity contribution is 0.566. The van der Waals surface area contributed by atoms with Gasteiger partial charge in [-0.1, -0.05) is 11.6 Å². The second-order valence-corrected chi connectivity index (χ2v) is 5.41. The molecule has 2 nitrogen and oxygen atoms in total. The molecule has 0 spiro atoms. The first-order valence-corrected chi connectivity index (χ1v) is 5.26. The summed E-state index contributed by atoms with van der Waals surface area (Å²) in [5, 5.41) is 0.474. The number of halogens is 2. The number of thiophene rings is 1. The Bertz CT molecular complexity index is 253. The topological polar surface area (TPSA) is 37.3 Å². The molecule has 0 saturated heterocycles. The van der Waals surface area contributed by atoms with Gasteiger partial charge in [-0.2, -0.15) is 0 Å². The van der Waals surface area contributed by atoms with Crippen molar-refractivity contribution in [3.63, 3.8) is 0 Å². The van der Waals surface area contributed by atoms with Gasteiger partial charge in [0.05, 0.1) is 8.81 Å². The average Bonchev–Trinajstić information content (AvgIpc) is 2.13. The van der Waals surface area contributed by atoms with Gasteiger partial charge in [-0.15, -0.1) is 11.3 Å². The fourth-order valence-electron chi connectivity index (χ4n) is 0.413. The first-order chi connectivity index (χ1) is 4.61. The molecule has 1 aromatic heterocycles. The van der Waals surface area contributed by atoms with Gasteiger partial charge in [0.2, 0.25) is 0 Å². The summed E-state index contributed by atoms with van der Waals surface area (Å²) in [5.74, 6) is 0. The molecule has 1 rings (SSSR count). The van der Waals surface area contributed by atoms with Crippen molar-refractivity contribution in [3.05, 3.63) is 14.9 Å². The first-order valence-electron chi connectivity index (χ1n) is 2.17. The third kappa shape index (κ3) is 1.79. The van der Waals surface area contributed by atoms with E-state index in [1.54, 1.807) is 0 Å². The maximum absolute atomic E-state index is 10.4. The molecule has 0 fully saturated rings. The molecule has 1 N–H and O–H groups in total. The van der Waals surface area contributed by atoms with Gasteiger partial charge < -0.3 is 4.55 Å². The van der Waals surface area contributed by atoms with Gasteiger partial charge in [0.1, 0.15) is 4.21 Å². The summed E-state index contributed by atoms with van der Waals surface area (Å²) in [6.45, 7) is 0. The Morgan fingerprint density at radius 1 is 1.80 bits per heavy atom. The van der Waals surface area contributed by atoms with Gasteiger partial charge in [-0.05, 0) is 22.0 Å². The number of hydrogen-bond donors (Lipinski definition) is 1. The third-order valence-corrected chi connectivity index (χ3v) is 4.20. The maximum atomic E-state index is 10.4. The summed E-state index contributed by atoms with van der Waals surface area (Å²) < 4.78 is 20.0. The molecule has 10 heavy (non-hydrogen) atoms. The van der Waals surface area contributed by atoms with E-state index in [0.717, 1.165) is 11.3 Å². The molecule has 0 aromatic carbocycles. The van der Waals surface area contributed by atoms with E-state index in [4.69, 9.17) is 16.2 Å². The van der Waals surface area contributed by atoms with Gasteiger partial charge in [0.15, 0.2) is 11.1 Å². The van der Waals surface area contributed by atoms with Crippen LogP contribution in [0, 0.1) is 0 Å². The molecule has 0 radical (unpaired) electrons. The minimum Gasteiger partial charge on any atom is -0.302 e. The van der Waals surface area contributed by atoms with E-state index in [9.17, 15) is 4.21 Å². The molecule has 0 saturated carbocycles. The van der Waals surface area contributed by atoms with Crippen molar-refractivity contribution in [2.24, 2.45) is 0 Å². The van der Waals surface area contributed by atoms with Gasteiger partial charge in [0.25, 0.3) is 0 Å². The molecular formula is C4H2BrClO2S2. The normalized spacial score (nSPS) is 13.5. The monoisotopic (exact) mass is 260 g/mol. The molecule has 1 heterocycles. The van der Waals surface area contributed by atoms with Crippen LogP contribution in [0.1, 0.15) is 0 Å². The summed E-state index contributed by atoms with van der Waals surface area (Å²) in [7, 11) is 0. The minimum atomic E-state index is -1.91. The molecule has 0 aliphatic rings. The van der Waals surface area contributed by atoms with E-state index in [1.807, 2.05) is 0 Å². The molecule has 1 aromatic rings.